The zero-order valence-electron chi connectivity index (χ0n) is 18.5. The molecule has 0 fully saturated rings. The van der Waals surface area contributed by atoms with E-state index in [9.17, 15) is 14.9 Å². The van der Waals surface area contributed by atoms with Gasteiger partial charge >= 0.3 is 5.97 Å². The maximum Gasteiger partial charge on any atom is 0.319 e. The number of thioether (sulfide) groups is 1. The number of carbonyl (C=O) groups is 2. The van der Waals surface area contributed by atoms with Crippen molar-refractivity contribution in [3.63, 3.8) is 0 Å². The monoisotopic (exact) mass is 520 g/mol. The summed E-state index contributed by atoms with van der Waals surface area (Å²) in [7, 11) is 1.20. The summed E-state index contributed by atoms with van der Waals surface area (Å²) in [6.45, 7) is 2.54. The van der Waals surface area contributed by atoms with Gasteiger partial charge < -0.3 is 19.5 Å². The van der Waals surface area contributed by atoms with Crippen molar-refractivity contribution < 1.29 is 23.8 Å². The molecule has 0 aromatic heterocycles. The number of allylic oxidation sites excluding steroid dienone is 1. The number of nitrogens with zero attached hydrogens (tertiary/aromatic N) is 1. The van der Waals surface area contributed by atoms with Gasteiger partial charge in [-0.3, -0.25) is 9.59 Å². The smallest absolute Gasteiger partial charge is 0.319 e. The molecule has 0 saturated carbocycles. The second-order valence-electron chi connectivity index (χ2n) is 7.07. The first-order valence-corrected chi connectivity index (χ1v) is 12.1. The van der Waals surface area contributed by atoms with E-state index in [1.54, 1.807) is 36.4 Å². The fourth-order valence-electron chi connectivity index (χ4n) is 3.52. The molecule has 0 unspecified atom stereocenters. The SMILES string of the molecule is CCOc1ccc([C@@H]2C(C#N)=C(SCCOc3ccccc3Cl)NC(=O)[C@@H]2C(=O)OC)cc1Cl. The Kier molecular flexibility index (Phi) is 9.11. The Balaban J connectivity index is 1.89. The van der Waals surface area contributed by atoms with Gasteiger partial charge in [0.25, 0.3) is 0 Å². The molecule has 0 spiro atoms. The highest BCUT2D eigenvalue weighted by Crippen LogP contribution is 2.42. The lowest BCUT2D eigenvalue weighted by atomic mass is 9.78. The van der Waals surface area contributed by atoms with Gasteiger partial charge in [-0.15, -0.1) is 11.8 Å². The zero-order valence-corrected chi connectivity index (χ0v) is 20.8. The first-order chi connectivity index (χ1) is 16.4. The molecule has 1 amide bonds. The summed E-state index contributed by atoms with van der Waals surface area (Å²) >= 11 is 13.7. The second-order valence-corrected chi connectivity index (χ2v) is 8.99. The van der Waals surface area contributed by atoms with Gasteiger partial charge in [0, 0.05) is 11.7 Å². The number of benzene rings is 2. The molecule has 1 heterocycles. The molecular formula is C24H22Cl2N2O5S. The van der Waals surface area contributed by atoms with Gasteiger partial charge in [-0.1, -0.05) is 41.4 Å². The average molecular weight is 521 g/mol. The Hall–Kier alpha value is -2.86. The molecule has 2 aromatic carbocycles. The number of rotatable bonds is 9. The first-order valence-electron chi connectivity index (χ1n) is 10.4. The van der Waals surface area contributed by atoms with Crippen molar-refractivity contribution >= 4 is 46.8 Å². The summed E-state index contributed by atoms with van der Waals surface area (Å²) in [4.78, 5) is 25.4. The van der Waals surface area contributed by atoms with Crippen molar-refractivity contribution in [2.24, 2.45) is 5.92 Å². The zero-order chi connectivity index (χ0) is 24.7. The van der Waals surface area contributed by atoms with E-state index in [1.807, 2.05) is 13.0 Å². The number of nitriles is 1. The highest BCUT2D eigenvalue weighted by molar-refractivity contribution is 8.03. The minimum absolute atomic E-state index is 0.234. The average Bonchev–Trinajstić information content (AvgIpc) is 2.83. The van der Waals surface area contributed by atoms with Crippen LogP contribution in [0.15, 0.2) is 53.1 Å². The molecule has 7 nitrogen and oxygen atoms in total. The fourth-order valence-corrected chi connectivity index (χ4v) is 4.83. The van der Waals surface area contributed by atoms with Crippen LogP contribution in [-0.4, -0.2) is 38.0 Å². The van der Waals surface area contributed by atoms with Crippen molar-refractivity contribution in [3.8, 4) is 17.6 Å². The lowest BCUT2D eigenvalue weighted by Crippen LogP contribution is -2.44. The lowest BCUT2D eigenvalue weighted by Gasteiger charge is -2.31. The number of para-hydroxylation sites is 1. The molecular weight excluding hydrogens is 499 g/mol. The summed E-state index contributed by atoms with van der Waals surface area (Å²) in [5.74, 6) is -1.98. The number of carbonyl (C=O) groups excluding carboxylic acids is 2. The molecule has 2 atom stereocenters. The topological polar surface area (TPSA) is 97.6 Å². The van der Waals surface area contributed by atoms with Crippen LogP contribution < -0.4 is 14.8 Å². The van der Waals surface area contributed by atoms with E-state index in [4.69, 9.17) is 37.4 Å². The van der Waals surface area contributed by atoms with Crippen LogP contribution in [0.5, 0.6) is 11.5 Å². The van der Waals surface area contributed by atoms with Crippen LogP contribution in [0.25, 0.3) is 0 Å². The van der Waals surface area contributed by atoms with Gasteiger partial charge in [0.15, 0.2) is 0 Å². The van der Waals surface area contributed by atoms with Crippen LogP contribution in [0, 0.1) is 17.2 Å². The molecule has 1 aliphatic rings. The summed E-state index contributed by atoms with van der Waals surface area (Å²) < 4.78 is 16.0. The summed E-state index contributed by atoms with van der Waals surface area (Å²) in [5, 5.41) is 13.8. The number of amides is 1. The number of hydrogen-bond donors (Lipinski definition) is 1. The third-order valence-corrected chi connectivity index (χ3v) is 6.61. The molecule has 0 aliphatic carbocycles. The second kappa shape index (κ2) is 12.0. The molecule has 0 bridgehead atoms. The lowest BCUT2D eigenvalue weighted by molar-refractivity contribution is -0.150. The van der Waals surface area contributed by atoms with E-state index >= 15 is 0 Å². The number of hydrogen-bond acceptors (Lipinski definition) is 7. The Morgan fingerprint density at radius 3 is 2.53 bits per heavy atom. The molecule has 178 valence electrons. The predicted octanol–water partition coefficient (Wildman–Crippen LogP) is 4.94. The van der Waals surface area contributed by atoms with E-state index in [2.05, 4.69) is 11.4 Å². The summed E-state index contributed by atoms with van der Waals surface area (Å²) in [6, 6.07) is 14.2. The third kappa shape index (κ3) is 5.79. The number of methoxy groups -OCH3 is 1. The molecule has 1 N–H and O–H groups in total. The largest absolute Gasteiger partial charge is 0.492 e. The number of ether oxygens (including phenoxy) is 3. The van der Waals surface area contributed by atoms with Crippen molar-refractivity contribution in [3.05, 3.63) is 68.7 Å². The van der Waals surface area contributed by atoms with Crippen molar-refractivity contribution in [2.75, 3.05) is 26.1 Å². The minimum atomic E-state index is -1.24. The van der Waals surface area contributed by atoms with Crippen molar-refractivity contribution in [2.45, 2.75) is 12.8 Å². The van der Waals surface area contributed by atoms with E-state index in [-0.39, 0.29) is 12.2 Å². The number of halogens is 2. The Bertz CT molecular complexity index is 1150. The normalized spacial score (nSPS) is 17.6. The molecule has 0 saturated heterocycles. The Labute approximate surface area is 212 Å². The quantitative estimate of drug-likeness (QED) is 0.284. The highest BCUT2D eigenvalue weighted by atomic mass is 35.5. The standard InChI is InChI=1S/C24H22Cl2N2O5S/c1-3-32-19-9-8-14(12-17(19)26)20-15(13-27)23(28-22(29)21(20)24(30)31-2)34-11-10-33-18-7-5-4-6-16(18)25/h4-9,12,20-21H,3,10-11H2,1-2H3,(H,28,29)/t20-,21-/m1/s1. The van der Waals surface area contributed by atoms with Gasteiger partial charge in [0.05, 0.1) is 47.0 Å². The van der Waals surface area contributed by atoms with Crippen molar-refractivity contribution in [1.82, 2.24) is 5.32 Å². The van der Waals surface area contributed by atoms with Crippen LogP contribution in [-0.2, 0) is 14.3 Å². The van der Waals surface area contributed by atoms with Gasteiger partial charge in [0.1, 0.15) is 17.4 Å². The maximum atomic E-state index is 12.9. The predicted molar refractivity (Wildman–Crippen MR) is 131 cm³/mol. The van der Waals surface area contributed by atoms with Crippen molar-refractivity contribution in [1.29, 1.82) is 5.26 Å². The molecule has 1 aliphatic heterocycles. The molecule has 34 heavy (non-hydrogen) atoms. The number of esters is 1. The van der Waals surface area contributed by atoms with Crippen LogP contribution in [0.2, 0.25) is 10.0 Å². The van der Waals surface area contributed by atoms with Gasteiger partial charge in [0.2, 0.25) is 5.91 Å². The molecule has 2 aromatic rings. The fraction of sp³-hybridized carbons (Fsp3) is 0.292. The molecule has 10 heteroatoms. The van der Waals surface area contributed by atoms with Gasteiger partial charge in [-0.25, -0.2) is 0 Å². The van der Waals surface area contributed by atoms with E-state index in [0.717, 1.165) is 0 Å². The number of nitrogens with one attached hydrogen (secondary N) is 1. The van der Waals surface area contributed by atoms with Crippen LogP contribution >= 0.6 is 35.0 Å². The van der Waals surface area contributed by atoms with Crippen LogP contribution in [0.3, 0.4) is 0 Å². The van der Waals surface area contributed by atoms with Crippen LogP contribution in [0.4, 0.5) is 0 Å². The van der Waals surface area contributed by atoms with E-state index in [0.29, 0.717) is 44.5 Å². The van der Waals surface area contributed by atoms with E-state index in [1.165, 1.54) is 18.9 Å². The van der Waals surface area contributed by atoms with Gasteiger partial charge in [-0.2, -0.15) is 5.26 Å². The molecule has 0 radical (unpaired) electrons. The minimum Gasteiger partial charge on any atom is -0.492 e. The van der Waals surface area contributed by atoms with Gasteiger partial charge in [-0.05, 0) is 36.8 Å². The maximum absolute atomic E-state index is 12.9. The van der Waals surface area contributed by atoms with E-state index < -0.39 is 23.7 Å². The molecule has 3 rings (SSSR count). The highest BCUT2D eigenvalue weighted by Gasteiger charge is 2.44. The Morgan fingerprint density at radius 2 is 1.88 bits per heavy atom. The summed E-state index contributed by atoms with van der Waals surface area (Å²) in [5.41, 5.74) is 0.763. The van der Waals surface area contributed by atoms with Crippen LogP contribution in [0.1, 0.15) is 18.4 Å². The Morgan fingerprint density at radius 1 is 1.15 bits per heavy atom. The first kappa shape index (κ1) is 25.8. The summed E-state index contributed by atoms with van der Waals surface area (Å²) in [6.07, 6.45) is 0. The third-order valence-electron chi connectivity index (χ3n) is 5.02.